The third kappa shape index (κ3) is 1.84. The normalized spacial score (nSPS) is 16.9. The zero-order chi connectivity index (χ0) is 14.3. The quantitative estimate of drug-likeness (QED) is 0.741. The van der Waals surface area contributed by atoms with Crippen LogP contribution in [0.4, 0.5) is 5.69 Å². The third-order valence-corrected chi connectivity index (χ3v) is 3.26. The third-order valence-electron chi connectivity index (χ3n) is 3.26. The highest BCUT2D eigenvalue weighted by Gasteiger charge is 2.29. The largest absolute Gasteiger partial charge is 0.364 e. The van der Waals surface area contributed by atoms with Crippen molar-refractivity contribution in [1.29, 1.82) is 0 Å². The number of hydrogen-bond donors (Lipinski definition) is 3. The molecular formula is C13H13N5O2. The number of hydrogen-bond acceptors (Lipinski definition) is 4. The van der Waals surface area contributed by atoms with Crippen LogP contribution in [0.3, 0.4) is 0 Å². The smallest absolute Gasteiger partial charge is 0.269 e. The number of nitrogens with zero attached hydrogens (tertiary/aromatic N) is 2. The molecule has 2 aromatic rings. The van der Waals surface area contributed by atoms with Crippen molar-refractivity contribution in [3.63, 3.8) is 0 Å². The van der Waals surface area contributed by atoms with Gasteiger partial charge in [-0.25, -0.2) is 4.68 Å². The Hall–Kier alpha value is -2.67. The predicted octanol–water partition coefficient (Wildman–Crippen LogP) is 0.184. The maximum Gasteiger partial charge on any atom is 0.269 e. The second-order valence-corrected chi connectivity index (χ2v) is 4.49. The van der Waals surface area contributed by atoms with Crippen molar-refractivity contribution < 1.29 is 9.59 Å². The Morgan fingerprint density at radius 1 is 1.45 bits per heavy atom. The minimum absolute atomic E-state index is 0.0852. The number of amides is 2. The molecule has 1 atom stereocenters. The van der Waals surface area contributed by atoms with Crippen LogP contribution in [0.15, 0.2) is 30.5 Å². The summed E-state index contributed by atoms with van der Waals surface area (Å²) in [5.41, 5.74) is 7.74. The first kappa shape index (κ1) is 12.4. The molecular weight excluding hydrogens is 258 g/mol. The minimum Gasteiger partial charge on any atom is -0.364 e. The van der Waals surface area contributed by atoms with Gasteiger partial charge in [-0.2, -0.15) is 5.10 Å². The summed E-state index contributed by atoms with van der Waals surface area (Å²) in [5.74, 6) is -0.661. The molecule has 102 valence electrons. The predicted molar refractivity (Wildman–Crippen MR) is 72.5 cm³/mol. The molecule has 2 amide bonds. The standard InChI is InChI=1S/C13H13N5O2/c1-15-11-8-3-2-7(6-10(8)16-13(11)20)18-5-4-9(17-18)12(14)19/h2-6,11,15H,1H3,(H2,14,19)(H,16,20). The Labute approximate surface area is 114 Å². The molecule has 1 aliphatic heterocycles. The summed E-state index contributed by atoms with van der Waals surface area (Å²) >= 11 is 0. The molecule has 1 aromatic carbocycles. The number of primary amides is 1. The lowest BCUT2D eigenvalue weighted by atomic mass is 10.1. The fourth-order valence-electron chi connectivity index (χ4n) is 2.28. The zero-order valence-corrected chi connectivity index (χ0v) is 10.8. The summed E-state index contributed by atoms with van der Waals surface area (Å²) in [4.78, 5) is 22.8. The van der Waals surface area contributed by atoms with Gasteiger partial charge in [0.15, 0.2) is 0 Å². The first-order valence-electron chi connectivity index (χ1n) is 6.08. The van der Waals surface area contributed by atoms with E-state index in [1.807, 2.05) is 18.2 Å². The first-order valence-corrected chi connectivity index (χ1v) is 6.08. The molecule has 1 aromatic heterocycles. The van der Waals surface area contributed by atoms with Gasteiger partial charge >= 0.3 is 0 Å². The summed E-state index contributed by atoms with van der Waals surface area (Å²) in [6.45, 7) is 0. The van der Waals surface area contributed by atoms with Crippen LogP contribution in [0.25, 0.3) is 5.69 Å². The molecule has 0 radical (unpaired) electrons. The van der Waals surface area contributed by atoms with Gasteiger partial charge in [-0.3, -0.25) is 9.59 Å². The molecule has 1 aliphatic rings. The molecule has 1 unspecified atom stereocenters. The lowest BCUT2D eigenvalue weighted by molar-refractivity contribution is -0.117. The number of carbonyl (C=O) groups is 2. The van der Waals surface area contributed by atoms with Crippen molar-refractivity contribution in [1.82, 2.24) is 15.1 Å². The zero-order valence-electron chi connectivity index (χ0n) is 10.8. The van der Waals surface area contributed by atoms with Crippen LogP contribution >= 0.6 is 0 Å². The second-order valence-electron chi connectivity index (χ2n) is 4.49. The number of fused-ring (bicyclic) bond motifs is 1. The number of nitrogens with one attached hydrogen (secondary N) is 2. The van der Waals surface area contributed by atoms with Crippen LogP contribution < -0.4 is 16.4 Å². The fourth-order valence-corrected chi connectivity index (χ4v) is 2.28. The maximum absolute atomic E-state index is 11.7. The van der Waals surface area contributed by atoms with E-state index in [4.69, 9.17) is 5.73 Å². The van der Waals surface area contributed by atoms with Crippen molar-refractivity contribution in [3.05, 3.63) is 41.7 Å². The average molecular weight is 271 g/mol. The topological polar surface area (TPSA) is 102 Å². The Morgan fingerprint density at radius 2 is 2.25 bits per heavy atom. The van der Waals surface area contributed by atoms with Gasteiger partial charge in [0.2, 0.25) is 5.91 Å². The molecule has 3 rings (SSSR count). The molecule has 0 fully saturated rings. The highest BCUT2D eigenvalue weighted by Crippen LogP contribution is 2.32. The highest BCUT2D eigenvalue weighted by atomic mass is 16.2. The van der Waals surface area contributed by atoms with Crippen LogP contribution in [0, 0.1) is 0 Å². The van der Waals surface area contributed by atoms with Gasteiger partial charge in [-0.1, -0.05) is 6.07 Å². The minimum atomic E-state index is -0.576. The highest BCUT2D eigenvalue weighted by molar-refractivity contribution is 6.02. The van der Waals surface area contributed by atoms with Gasteiger partial charge < -0.3 is 16.4 Å². The Bertz CT molecular complexity index is 707. The number of aromatic nitrogens is 2. The van der Waals surface area contributed by atoms with Gasteiger partial charge in [0.1, 0.15) is 11.7 Å². The van der Waals surface area contributed by atoms with E-state index in [1.165, 1.54) is 0 Å². The van der Waals surface area contributed by atoms with Crippen LogP contribution in [0.2, 0.25) is 0 Å². The van der Waals surface area contributed by atoms with Gasteiger partial charge in [0.25, 0.3) is 5.91 Å². The van der Waals surface area contributed by atoms with E-state index in [2.05, 4.69) is 15.7 Å². The Balaban J connectivity index is 1.99. The molecule has 0 saturated heterocycles. The van der Waals surface area contributed by atoms with Crippen LogP contribution in [-0.2, 0) is 4.79 Å². The summed E-state index contributed by atoms with van der Waals surface area (Å²) in [6.07, 6.45) is 1.65. The van der Waals surface area contributed by atoms with Crippen molar-refractivity contribution in [2.75, 3.05) is 12.4 Å². The molecule has 0 aliphatic carbocycles. The number of benzene rings is 1. The van der Waals surface area contributed by atoms with E-state index >= 15 is 0 Å². The lowest BCUT2D eigenvalue weighted by Gasteiger charge is -2.07. The molecule has 20 heavy (non-hydrogen) atoms. The number of rotatable bonds is 3. The summed E-state index contributed by atoms with van der Waals surface area (Å²) < 4.78 is 1.54. The van der Waals surface area contributed by atoms with Gasteiger partial charge in [-0.15, -0.1) is 0 Å². The molecule has 4 N–H and O–H groups in total. The number of carbonyl (C=O) groups excluding carboxylic acids is 2. The summed E-state index contributed by atoms with van der Waals surface area (Å²) in [5, 5.41) is 9.83. The van der Waals surface area contributed by atoms with Gasteiger partial charge in [0.05, 0.1) is 5.69 Å². The summed E-state index contributed by atoms with van der Waals surface area (Å²) in [6, 6.07) is 6.71. The van der Waals surface area contributed by atoms with E-state index in [-0.39, 0.29) is 17.6 Å². The lowest BCUT2D eigenvalue weighted by Crippen LogP contribution is -2.23. The van der Waals surface area contributed by atoms with E-state index in [9.17, 15) is 9.59 Å². The fraction of sp³-hybridized carbons (Fsp3) is 0.154. The van der Waals surface area contributed by atoms with Gasteiger partial charge in [-0.05, 0) is 25.2 Å². The molecule has 2 heterocycles. The van der Waals surface area contributed by atoms with Gasteiger partial charge in [0, 0.05) is 17.4 Å². The van der Waals surface area contributed by atoms with Crippen LogP contribution in [0.1, 0.15) is 22.1 Å². The van der Waals surface area contributed by atoms with E-state index in [0.29, 0.717) is 0 Å². The van der Waals surface area contributed by atoms with E-state index in [0.717, 1.165) is 16.9 Å². The van der Waals surface area contributed by atoms with Crippen molar-refractivity contribution >= 4 is 17.5 Å². The molecule has 7 heteroatoms. The first-order chi connectivity index (χ1) is 9.60. The SMILES string of the molecule is CNC1C(=O)Nc2cc(-n3ccc(C(N)=O)n3)ccc21. The van der Waals surface area contributed by atoms with Crippen molar-refractivity contribution in [2.24, 2.45) is 5.73 Å². The maximum atomic E-state index is 11.7. The van der Waals surface area contributed by atoms with Crippen molar-refractivity contribution in [2.45, 2.75) is 6.04 Å². The summed E-state index contributed by atoms with van der Waals surface area (Å²) in [7, 11) is 1.74. The van der Waals surface area contributed by atoms with E-state index < -0.39 is 5.91 Å². The average Bonchev–Trinajstić information content (AvgIpc) is 3.00. The van der Waals surface area contributed by atoms with Crippen LogP contribution in [-0.4, -0.2) is 28.6 Å². The molecule has 0 saturated carbocycles. The molecule has 0 spiro atoms. The molecule has 7 nitrogen and oxygen atoms in total. The van der Waals surface area contributed by atoms with Crippen molar-refractivity contribution in [3.8, 4) is 5.69 Å². The van der Waals surface area contributed by atoms with E-state index in [1.54, 1.807) is 24.0 Å². The second kappa shape index (κ2) is 4.46. The molecule has 0 bridgehead atoms. The van der Waals surface area contributed by atoms with Crippen LogP contribution in [0.5, 0.6) is 0 Å². The Kier molecular flexibility index (Phi) is 2.76. The number of likely N-dealkylation sites (N-methyl/N-ethyl adjacent to an activating group) is 1. The number of anilines is 1. The Morgan fingerprint density at radius 3 is 2.90 bits per heavy atom. The number of nitrogens with two attached hydrogens (primary N) is 1. The monoisotopic (exact) mass is 271 g/mol.